The molecule has 0 aromatic heterocycles. The quantitative estimate of drug-likeness (QED) is 0.454. The van der Waals surface area contributed by atoms with Crippen LogP contribution in [0, 0.1) is 10.1 Å². The highest BCUT2D eigenvalue weighted by Gasteiger charge is 2.11. The van der Waals surface area contributed by atoms with Crippen molar-refractivity contribution in [3.63, 3.8) is 0 Å². The van der Waals surface area contributed by atoms with Gasteiger partial charge in [-0.2, -0.15) is 0 Å². The van der Waals surface area contributed by atoms with Crippen LogP contribution in [-0.4, -0.2) is 10.8 Å². The average Bonchev–Trinajstić information content (AvgIpc) is 2.16. The lowest BCUT2D eigenvalue weighted by Gasteiger charge is -1.96. The molecule has 3 nitrogen and oxygen atoms in total. The van der Waals surface area contributed by atoms with Crippen LogP contribution in [0.1, 0.15) is 5.56 Å². The molecule has 0 bridgehead atoms. The molecule has 1 rings (SSSR count). The molecule has 14 heavy (non-hydrogen) atoms. The minimum atomic E-state index is -0.514. The zero-order valence-corrected chi connectivity index (χ0v) is 8.63. The van der Waals surface area contributed by atoms with Crippen LogP contribution in [0.3, 0.4) is 0 Å². The largest absolute Gasteiger partial charge is 0.288 e. The Labute approximate surface area is 91.1 Å². The third-order valence-corrected chi connectivity index (χ3v) is 2.06. The van der Waals surface area contributed by atoms with Crippen molar-refractivity contribution in [1.82, 2.24) is 0 Å². The number of nitro benzene ring substituents is 1. The summed E-state index contributed by atoms with van der Waals surface area (Å²) in [4.78, 5) is 10.0. The van der Waals surface area contributed by atoms with Crippen molar-refractivity contribution < 1.29 is 4.92 Å². The molecule has 0 aliphatic carbocycles. The van der Waals surface area contributed by atoms with Crippen molar-refractivity contribution in [2.45, 2.75) is 0 Å². The molecule has 0 saturated carbocycles. The molecule has 0 unspecified atom stereocenters. The number of halogens is 2. The lowest BCUT2D eigenvalue weighted by molar-refractivity contribution is -0.384. The van der Waals surface area contributed by atoms with Crippen LogP contribution in [0.25, 0.3) is 6.08 Å². The van der Waals surface area contributed by atoms with E-state index in [4.69, 9.17) is 23.2 Å². The van der Waals surface area contributed by atoms with E-state index >= 15 is 0 Å². The Bertz CT molecular complexity index is 377. The molecule has 0 aliphatic heterocycles. The van der Waals surface area contributed by atoms with Crippen molar-refractivity contribution in [3.05, 3.63) is 45.0 Å². The molecule has 1 aromatic carbocycles. The summed E-state index contributed by atoms with van der Waals surface area (Å²) < 4.78 is 0. The topological polar surface area (TPSA) is 43.1 Å². The fourth-order valence-corrected chi connectivity index (χ4v) is 1.23. The van der Waals surface area contributed by atoms with E-state index < -0.39 is 4.92 Å². The van der Waals surface area contributed by atoms with E-state index in [-0.39, 0.29) is 10.7 Å². The predicted octanol–water partition coefficient (Wildman–Crippen LogP) is 3.50. The van der Waals surface area contributed by atoms with Gasteiger partial charge in [-0.3, -0.25) is 10.1 Å². The fraction of sp³-hybridized carbons (Fsp3) is 0.111. The number of benzene rings is 1. The maximum absolute atomic E-state index is 10.5. The number of hydrogen-bond donors (Lipinski definition) is 0. The molecule has 0 N–H and O–H groups in total. The van der Waals surface area contributed by atoms with Gasteiger partial charge in [0.2, 0.25) is 0 Å². The average molecular weight is 232 g/mol. The Morgan fingerprint density at radius 2 is 2.21 bits per heavy atom. The number of nitro groups is 1. The van der Waals surface area contributed by atoms with Crippen molar-refractivity contribution in [2.24, 2.45) is 0 Å². The lowest BCUT2D eigenvalue weighted by atomic mass is 10.2. The fourth-order valence-electron chi connectivity index (χ4n) is 0.954. The molecule has 5 heteroatoms. The van der Waals surface area contributed by atoms with E-state index in [9.17, 15) is 10.1 Å². The van der Waals surface area contributed by atoms with Crippen LogP contribution in [-0.2, 0) is 0 Å². The molecular weight excluding hydrogens is 225 g/mol. The first-order chi connectivity index (χ1) is 6.65. The van der Waals surface area contributed by atoms with Crippen LogP contribution >= 0.6 is 23.2 Å². The molecule has 74 valence electrons. The van der Waals surface area contributed by atoms with Crippen LogP contribution in [0.5, 0.6) is 0 Å². The van der Waals surface area contributed by atoms with Crippen molar-refractivity contribution in [3.8, 4) is 0 Å². The smallest absolute Gasteiger partial charge is 0.258 e. The highest BCUT2D eigenvalue weighted by molar-refractivity contribution is 6.32. The molecule has 0 saturated heterocycles. The van der Waals surface area contributed by atoms with Gasteiger partial charge in [-0.25, -0.2) is 0 Å². The number of rotatable bonds is 3. The summed E-state index contributed by atoms with van der Waals surface area (Å²) in [5, 5.41) is 10.7. The normalized spacial score (nSPS) is 10.7. The molecule has 0 aliphatic rings. The standard InChI is InChI=1S/C9H7Cl2NO2/c10-5-1-2-7-3-4-8(11)9(6-7)12(13)14/h1-4,6H,5H2. The lowest BCUT2D eigenvalue weighted by Crippen LogP contribution is -1.89. The highest BCUT2D eigenvalue weighted by atomic mass is 35.5. The van der Waals surface area contributed by atoms with Gasteiger partial charge in [0.05, 0.1) is 4.92 Å². The van der Waals surface area contributed by atoms with Crippen LogP contribution < -0.4 is 0 Å². The van der Waals surface area contributed by atoms with Crippen molar-refractivity contribution in [2.75, 3.05) is 5.88 Å². The molecule has 1 aromatic rings. The van der Waals surface area contributed by atoms with E-state index in [1.807, 2.05) is 0 Å². The first-order valence-corrected chi connectivity index (χ1v) is 4.73. The van der Waals surface area contributed by atoms with E-state index in [1.165, 1.54) is 12.1 Å². The molecule has 0 spiro atoms. The number of allylic oxidation sites excluding steroid dienone is 1. The predicted molar refractivity (Wildman–Crippen MR) is 57.9 cm³/mol. The van der Waals surface area contributed by atoms with Gasteiger partial charge in [-0.05, 0) is 11.6 Å². The first-order valence-electron chi connectivity index (χ1n) is 3.81. The van der Waals surface area contributed by atoms with E-state index in [0.29, 0.717) is 11.4 Å². The minimum Gasteiger partial charge on any atom is -0.258 e. The van der Waals surface area contributed by atoms with Gasteiger partial charge in [0.1, 0.15) is 5.02 Å². The second kappa shape index (κ2) is 4.98. The molecule has 0 atom stereocenters. The third-order valence-electron chi connectivity index (χ3n) is 1.57. The van der Waals surface area contributed by atoms with Gasteiger partial charge in [-0.15, -0.1) is 11.6 Å². The summed E-state index contributed by atoms with van der Waals surface area (Å²) in [6, 6.07) is 4.59. The second-order valence-corrected chi connectivity index (χ2v) is 3.24. The maximum Gasteiger partial charge on any atom is 0.288 e. The van der Waals surface area contributed by atoms with E-state index in [1.54, 1.807) is 18.2 Å². The third kappa shape index (κ3) is 2.72. The van der Waals surface area contributed by atoms with Crippen molar-refractivity contribution in [1.29, 1.82) is 0 Å². The molecule has 0 heterocycles. The zero-order chi connectivity index (χ0) is 10.6. The molecule has 0 radical (unpaired) electrons. The maximum atomic E-state index is 10.5. The van der Waals surface area contributed by atoms with Gasteiger partial charge in [0.15, 0.2) is 0 Å². The highest BCUT2D eigenvalue weighted by Crippen LogP contribution is 2.25. The van der Waals surface area contributed by atoms with Crippen LogP contribution in [0.4, 0.5) is 5.69 Å². The van der Waals surface area contributed by atoms with Gasteiger partial charge in [0.25, 0.3) is 5.69 Å². The minimum absolute atomic E-state index is 0.0941. The second-order valence-electron chi connectivity index (χ2n) is 2.52. The molecular formula is C9H7Cl2NO2. The van der Waals surface area contributed by atoms with Crippen molar-refractivity contribution >= 4 is 35.0 Å². The summed E-state index contributed by atoms with van der Waals surface area (Å²) in [5.74, 6) is 0.371. The van der Waals surface area contributed by atoms with Gasteiger partial charge >= 0.3 is 0 Å². The number of alkyl halides is 1. The molecule has 0 fully saturated rings. The Hall–Kier alpha value is -1.06. The van der Waals surface area contributed by atoms with Crippen LogP contribution in [0.15, 0.2) is 24.3 Å². The summed E-state index contributed by atoms with van der Waals surface area (Å²) in [6.07, 6.45) is 3.41. The summed E-state index contributed by atoms with van der Waals surface area (Å²) in [7, 11) is 0. The SMILES string of the molecule is O=[N+]([O-])c1cc(C=CCCl)ccc1Cl. The Balaban J connectivity index is 3.06. The Morgan fingerprint density at radius 3 is 2.79 bits per heavy atom. The number of hydrogen-bond acceptors (Lipinski definition) is 2. The Kier molecular flexibility index (Phi) is 3.92. The van der Waals surface area contributed by atoms with Gasteiger partial charge in [0, 0.05) is 11.9 Å². The zero-order valence-electron chi connectivity index (χ0n) is 7.11. The van der Waals surface area contributed by atoms with Gasteiger partial charge < -0.3 is 0 Å². The summed E-state index contributed by atoms with van der Waals surface area (Å²) >= 11 is 11.1. The summed E-state index contributed by atoms with van der Waals surface area (Å²) in [5.41, 5.74) is 0.616. The van der Waals surface area contributed by atoms with Gasteiger partial charge in [-0.1, -0.05) is 29.8 Å². The van der Waals surface area contributed by atoms with E-state index in [2.05, 4.69) is 0 Å². The monoisotopic (exact) mass is 231 g/mol. The van der Waals surface area contributed by atoms with E-state index in [0.717, 1.165) is 0 Å². The summed E-state index contributed by atoms with van der Waals surface area (Å²) in [6.45, 7) is 0. The molecule has 0 amide bonds. The number of nitrogens with zero attached hydrogens (tertiary/aromatic N) is 1. The van der Waals surface area contributed by atoms with Crippen LogP contribution in [0.2, 0.25) is 5.02 Å². The Morgan fingerprint density at radius 1 is 1.50 bits per heavy atom. The first kappa shape index (κ1) is 11.0.